The summed E-state index contributed by atoms with van der Waals surface area (Å²) in [5.41, 5.74) is 36.7. The Hall–Kier alpha value is -7.64. The van der Waals surface area contributed by atoms with E-state index in [9.17, 15) is 9.59 Å². The van der Waals surface area contributed by atoms with Crippen LogP contribution in [0.25, 0.3) is 0 Å². The van der Waals surface area contributed by atoms with Crippen molar-refractivity contribution in [1.29, 1.82) is 10.8 Å². The number of hydrogen-bond donors (Lipinski definition) is 14. The number of amides is 2. The van der Waals surface area contributed by atoms with Crippen LogP contribution in [0.1, 0.15) is 70.7 Å². The van der Waals surface area contributed by atoms with Gasteiger partial charge in [-0.05, 0) is 82.3 Å². The van der Waals surface area contributed by atoms with Gasteiger partial charge in [-0.15, -0.1) is 5.10 Å². The monoisotopic (exact) mass is 726 g/mol. The number of nitrogens with zero attached hydrogens (tertiary/aromatic N) is 4. The van der Waals surface area contributed by atoms with Gasteiger partial charge in [0.05, 0.1) is 22.8 Å². The molecule has 0 heterocycles. The van der Waals surface area contributed by atoms with Gasteiger partial charge in [0, 0.05) is 51.8 Å². The highest BCUT2D eigenvalue weighted by atomic mass is 16.2. The molecular formula is C33H46N18O2+2. The molecular weight excluding hydrogens is 680 g/mol. The van der Waals surface area contributed by atoms with Crippen LogP contribution in [-0.4, -0.2) is 65.9 Å². The van der Waals surface area contributed by atoms with Crippen molar-refractivity contribution in [2.24, 2.45) is 43.3 Å². The zero-order chi connectivity index (χ0) is 39.7. The molecule has 0 aliphatic heterocycles. The molecule has 20 nitrogen and oxygen atoms in total. The van der Waals surface area contributed by atoms with Gasteiger partial charge in [-0.2, -0.15) is 20.7 Å². The highest BCUT2D eigenvalue weighted by Gasteiger charge is 2.15. The maximum absolute atomic E-state index is 13.5. The first kappa shape index (κ1) is 41.5. The van der Waals surface area contributed by atoms with Crippen molar-refractivity contribution in [2.45, 2.75) is 27.7 Å². The van der Waals surface area contributed by atoms with Gasteiger partial charge in [0.25, 0.3) is 11.8 Å². The summed E-state index contributed by atoms with van der Waals surface area (Å²) in [5.74, 6) is -1.71. The van der Waals surface area contributed by atoms with Gasteiger partial charge in [0.15, 0.2) is 0 Å². The van der Waals surface area contributed by atoms with Crippen LogP contribution in [-0.2, 0) is 0 Å². The van der Waals surface area contributed by atoms with E-state index in [1.165, 1.54) is 6.07 Å². The molecule has 278 valence electrons. The topological polar surface area (TPSA) is 359 Å². The van der Waals surface area contributed by atoms with Crippen molar-refractivity contribution in [2.75, 3.05) is 17.7 Å². The summed E-state index contributed by atoms with van der Waals surface area (Å²) < 4.78 is 0. The quantitative estimate of drug-likeness (QED) is 0.0536. The SMILES string of the molecule is CN/N=C(/C)c1cc(NC(=O)c2cccc(C(=O)Nc3cc(/C(C)=N\NC(N)=[NH2+])cc(/C(C)=N/NC(=N)N)c3)c2)cc(/C(C)=N\NC(=N)N)c1.NC=[NH2+]. The van der Waals surface area contributed by atoms with E-state index in [-0.39, 0.29) is 29.0 Å². The van der Waals surface area contributed by atoms with Crippen LogP contribution < -0.4 is 66.1 Å². The van der Waals surface area contributed by atoms with Crippen LogP contribution in [0, 0.1) is 10.8 Å². The predicted molar refractivity (Wildman–Crippen MR) is 210 cm³/mol. The number of guanidine groups is 3. The Balaban J connectivity index is 0.00000313. The maximum atomic E-state index is 13.5. The molecule has 0 fully saturated rings. The Morgan fingerprint density at radius 1 is 0.623 bits per heavy atom. The lowest BCUT2D eigenvalue weighted by Gasteiger charge is -2.13. The first-order valence-electron chi connectivity index (χ1n) is 15.6. The molecule has 53 heavy (non-hydrogen) atoms. The highest BCUT2D eigenvalue weighted by molar-refractivity contribution is 6.12. The van der Waals surface area contributed by atoms with Crippen LogP contribution in [0.3, 0.4) is 0 Å². The summed E-state index contributed by atoms with van der Waals surface area (Å²) in [4.78, 5) is 26.9. The minimum absolute atomic E-state index is 0.0989. The summed E-state index contributed by atoms with van der Waals surface area (Å²) in [6, 6.07) is 16.7. The molecule has 0 saturated carbocycles. The third-order valence-electron chi connectivity index (χ3n) is 6.76. The fraction of sp³-hybridized carbons (Fsp3) is 0.152. The normalized spacial score (nSPS) is 11.6. The van der Waals surface area contributed by atoms with Crippen molar-refractivity contribution < 1.29 is 20.4 Å². The smallest absolute Gasteiger partial charge is 0.362 e. The zero-order valence-electron chi connectivity index (χ0n) is 29.9. The molecule has 20 N–H and O–H groups in total. The largest absolute Gasteiger partial charge is 0.369 e. The number of benzene rings is 3. The molecule has 0 aliphatic rings. The summed E-state index contributed by atoms with van der Waals surface area (Å²) in [5, 5.41) is 47.1. The number of hydrazone groups is 4. The maximum Gasteiger partial charge on any atom is 0.362 e. The first-order valence-corrected chi connectivity index (χ1v) is 15.6. The molecule has 3 rings (SSSR count). The molecule has 20 heteroatoms. The zero-order valence-corrected chi connectivity index (χ0v) is 29.9. The minimum Gasteiger partial charge on any atom is -0.369 e. The van der Waals surface area contributed by atoms with Crippen LogP contribution in [0.5, 0.6) is 0 Å². The Morgan fingerprint density at radius 3 is 1.26 bits per heavy atom. The minimum atomic E-state index is -0.487. The lowest BCUT2D eigenvalue weighted by Crippen LogP contribution is -2.53. The Kier molecular flexibility index (Phi) is 15.8. The fourth-order valence-electron chi connectivity index (χ4n) is 4.31. The van der Waals surface area contributed by atoms with Crippen molar-refractivity contribution in [3.8, 4) is 0 Å². The number of nitrogens with one attached hydrogen (secondary N) is 8. The molecule has 0 aliphatic carbocycles. The summed E-state index contributed by atoms with van der Waals surface area (Å²) in [7, 11) is 1.67. The van der Waals surface area contributed by atoms with E-state index in [4.69, 9.17) is 33.4 Å². The van der Waals surface area contributed by atoms with Crippen LogP contribution in [0.4, 0.5) is 11.4 Å². The van der Waals surface area contributed by atoms with Gasteiger partial charge in [-0.1, -0.05) is 6.07 Å². The van der Waals surface area contributed by atoms with Crippen molar-refractivity contribution in [1.82, 2.24) is 21.7 Å². The third-order valence-corrected chi connectivity index (χ3v) is 6.76. The van der Waals surface area contributed by atoms with E-state index in [1.807, 2.05) is 6.07 Å². The van der Waals surface area contributed by atoms with E-state index in [2.05, 4.69) is 63.9 Å². The van der Waals surface area contributed by atoms with Gasteiger partial charge in [-0.3, -0.25) is 42.7 Å². The Bertz CT molecular complexity index is 1950. The predicted octanol–water partition coefficient (Wildman–Crippen LogP) is -2.33. The fourth-order valence-corrected chi connectivity index (χ4v) is 4.31. The van der Waals surface area contributed by atoms with Crippen molar-refractivity contribution in [3.63, 3.8) is 0 Å². The molecule has 3 aromatic rings. The van der Waals surface area contributed by atoms with Gasteiger partial charge >= 0.3 is 5.96 Å². The van der Waals surface area contributed by atoms with Crippen LogP contribution in [0.15, 0.2) is 81.1 Å². The number of carbonyl (C=O) groups is 2. The van der Waals surface area contributed by atoms with Crippen molar-refractivity contribution >= 4 is 70.3 Å². The number of nitrogens with two attached hydrogens (primary N) is 6. The number of hydrogen-bond acceptors (Lipinski definition) is 9. The summed E-state index contributed by atoms with van der Waals surface area (Å²) >= 11 is 0. The molecule has 0 unspecified atom stereocenters. The van der Waals surface area contributed by atoms with Crippen LogP contribution in [0.2, 0.25) is 0 Å². The summed E-state index contributed by atoms with van der Waals surface area (Å²) in [6.45, 7) is 6.94. The molecule has 2 amide bonds. The van der Waals surface area contributed by atoms with Crippen LogP contribution >= 0.6 is 0 Å². The van der Waals surface area contributed by atoms with Gasteiger partial charge in [0.2, 0.25) is 18.3 Å². The standard InChI is InChI=1S/C32H40N16O2.CH4N2/c1-16(42-39-5)22-10-23(17(2)43-46-30(33)34)13-26(12-22)40-28(49)20-7-6-8-21(9-20)29(50)41-27-14-24(18(3)44-47-31(35)36)11-25(15-27)19(4)45-48-32(37)38;2-1-3/h6-15,39H,1-5H3,(H,40,49)(H,41,50)(H4,33,34,46)(H4,35,36,47)(H4,37,38,48);1H,(H3,2,3)/p+2/b42-16-,43-17-,44-18-,45-19+;. The van der Waals surface area contributed by atoms with Gasteiger partial charge in [0.1, 0.15) is 0 Å². The average molecular weight is 727 g/mol. The Morgan fingerprint density at radius 2 is 0.943 bits per heavy atom. The van der Waals surface area contributed by atoms with E-state index in [1.54, 1.807) is 83.3 Å². The molecule has 0 atom stereocenters. The number of carbonyl (C=O) groups excluding carboxylic acids is 2. The molecule has 0 radical (unpaired) electrons. The van der Waals surface area contributed by atoms with Crippen molar-refractivity contribution in [3.05, 3.63) is 94.0 Å². The lowest BCUT2D eigenvalue weighted by atomic mass is 10.0. The van der Waals surface area contributed by atoms with Gasteiger partial charge in [-0.25, -0.2) is 10.9 Å². The van der Waals surface area contributed by atoms with E-state index >= 15 is 0 Å². The first-order chi connectivity index (χ1) is 25.1. The molecule has 3 aromatic carbocycles. The summed E-state index contributed by atoms with van der Waals surface area (Å²) in [6.07, 6.45) is 1.00. The molecule has 0 aromatic heterocycles. The number of rotatable bonds is 12. The molecule has 0 spiro atoms. The third kappa shape index (κ3) is 13.7. The highest BCUT2D eigenvalue weighted by Crippen LogP contribution is 2.21. The number of anilines is 2. The lowest BCUT2D eigenvalue weighted by molar-refractivity contribution is -0.120. The second-order valence-corrected chi connectivity index (χ2v) is 10.9. The molecule has 0 saturated heterocycles. The molecule has 0 bridgehead atoms. The second-order valence-electron chi connectivity index (χ2n) is 10.9. The van der Waals surface area contributed by atoms with E-state index < -0.39 is 11.8 Å². The van der Waals surface area contributed by atoms with E-state index in [0.717, 1.165) is 6.34 Å². The second kappa shape index (κ2) is 20.1. The van der Waals surface area contributed by atoms with Gasteiger partial charge < -0.3 is 27.5 Å². The van der Waals surface area contributed by atoms with E-state index in [0.29, 0.717) is 56.5 Å². The average Bonchev–Trinajstić information content (AvgIpc) is 3.11. The Labute approximate surface area is 305 Å².